The number of hydrogen-bond donors (Lipinski definition) is 2. The topological polar surface area (TPSA) is 75.2 Å². The maximum atomic E-state index is 7.75. The molecule has 1 saturated heterocycles. The molecule has 5 heteroatoms. The Balaban J connectivity index is 2.28. The van der Waals surface area contributed by atoms with Gasteiger partial charge >= 0.3 is 0 Å². The molecule has 0 radical (unpaired) electrons. The van der Waals surface area contributed by atoms with Gasteiger partial charge in [0.1, 0.15) is 5.84 Å². The summed E-state index contributed by atoms with van der Waals surface area (Å²) in [6, 6.07) is 1.98. The summed E-state index contributed by atoms with van der Waals surface area (Å²) in [5.41, 5.74) is 9.14. The van der Waals surface area contributed by atoms with Crippen LogP contribution in [-0.2, 0) is 4.74 Å². The Hall–Kier alpha value is -1.62. The molecule has 5 nitrogen and oxygen atoms in total. The lowest BCUT2D eigenvalue weighted by Crippen LogP contribution is -2.31. The lowest BCUT2D eigenvalue weighted by molar-refractivity contribution is 0.116. The van der Waals surface area contributed by atoms with Crippen molar-refractivity contribution in [2.45, 2.75) is 32.8 Å². The van der Waals surface area contributed by atoms with Gasteiger partial charge in [0.25, 0.3) is 0 Å². The number of nitrogens with zero attached hydrogens (tertiary/aromatic N) is 2. The zero-order valence-corrected chi connectivity index (χ0v) is 11.9. The highest BCUT2D eigenvalue weighted by Gasteiger charge is 2.20. The number of ether oxygens (including phenoxy) is 1. The molecule has 1 aromatic heterocycles. The molecule has 0 saturated carbocycles. The van der Waals surface area contributed by atoms with E-state index in [0.717, 1.165) is 48.6 Å². The van der Waals surface area contributed by atoms with Crippen LogP contribution in [-0.4, -0.2) is 37.1 Å². The van der Waals surface area contributed by atoms with Crippen molar-refractivity contribution in [3.63, 3.8) is 0 Å². The molecule has 0 amide bonds. The Morgan fingerprint density at radius 1 is 1.58 bits per heavy atom. The van der Waals surface area contributed by atoms with Crippen molar-refractivity contribution in [3.05, 3.63) is 23.0 Å². The van der Waals surface area contributed by atoms with Crippen LogP contribution in [0.4, 0.5) is 5.69 Å². The van der Waals surface area contributed by atoms with E-state index in [9.17, 15) is 0 Å². The first kappa shape index (κ1) is 13.8. The van der Waals surface area contributed by atoms with E-state index in [1.807, 2.05) is 27.0 Å². The van der Waals surface area contributed by atoms with E-state index >= 15 is 0 Å². The second kappa shape index (κ2) is 5.57. The van der Waals surface area contributed by atoms with Gasteiger partial charge in [0.15, 0.2) is 0 Å². The van der Waals surface area contributed by atoms with Gasteiger partial charge < -0.3 is 15.4 Å². The number of nitrogens with two attached hydrogens (primary N) is 1. The van der Waals surface area contributed by atoms with Gasteiger partial charge in [0.2, 0.25) is 0 Å². The maximum absolute atomic E-state index is 7.75. The van der Waals surface area contributed by atoms with Crippen LogP contribution in [0.2, 0.25) is 0 Å². The van der Waals surface area contributed by atoms with Crippen LogP contribution in [0.1, 0.15) is 29.8 Å². The van der Waals surface area contributed by atoms with Crippen LogP contribution in [0.15, 0.2) is 6.07 Å². The van der Waals surface area contributed by atoms with E-state index in [0.29, 0.717) is 0 Å². The molecule has 2 rings (SSSR count). The predicted molar refractivity (Wildman–Crippen MR) is 77.0 cm³/mol. The first-order valence-corrected chi connectivity index (χ1v) is 6.64. The van der Waals surface area contributed by atoms with Crippen molar-refractivity contribution in [3.8, 4) is 0 Å². The molecule has 1 aromatic rings. The van der Waals surface area contributed by atoms with E-state index in [-0.39, 0.29) is 11.9 Å². The number of likely N-dealkylation sites (N-methyl/N-ethyl adjacent to an activating group) is 1. The van der Waals surface area contributed by atoms with Gasteiger partial charge in [0.05, 0.1) is 23.0 Å². The summed E-state index contributed by atoms with van der Waals surface area (Å²) in [6.45, 7) is 5.53. The second-order valence-electron chi connectivity index (χ2n) is 5.17. The molecule has 1 fully saturated rings. The Kier molecular flexibility index (Phi) is 4.04. The lowest BCUT2D eigenvalue weighted by Gasteiger charge is -2.26. The molecule has 19 heavy (non-hydrogen) atoms. The molecule has 2 heterocycles. The van der Waals surface area contributed by atoms with Crippen LogP contribution in [0, 0.1) is 19.3 Å². The molecule has 1 aliphatic rings. The van der Waals surface area contributed by atoms with Crippen LogP contribution in [0.5, 0.6) is 0 Å². The van der Waals surface area contributed by atoms with Gasteiger partial charge in [-0.15, -0.1) is 0 Å². The summed E-state index contributed by atoms with van der Waals surface area (Å²) in [5, 5.41) is 7.75. The van der Waals surface area contributed by atoms with Gasteiger partial charge in [-0.1, -0.05) is 0 Å². The number of aromatic nitrogens is 1. The first-order chi connectivity index (χ1) is 8.99. The monoisotopic (exact) mass is 262 g/mol. The summed E-state index contributed by atoms with van der Waals surface area (Å²) in [7, 11) is 2.02. The average Bonchev–Trinajstić information content (AvgIpc) is 2.79. The van der Waals surface area contributed by atoms with Gasteiger partial charge in [-0.3, -0.25) is 10.4 Å². The van der Waals surface area contributed by atoms with E-state index in [1.54, 1.807) is 0 Å². The number of amidine groups is 1. The third kappa shape index (κ3) is 3.04. The smallest absolute Gasteiger partial charge is 0.126 e. The lowest BCUT2D eigenvalue weighted by atomic mass is 10.1. The molecule has 1 aliphatic heterocycles. The van der Waals surface area contributed by atoms with E-state index < -0.39 is 0 Å². The van der Waals surface area contributed by atoms with Crippen molar-refractivity contribution in [2.75, 3.05) is 25.1 Å². The quantitative estimate of drug-likeness (QED) is 0.638. The van der Waals surface area contributed by atoms with Crippen molar-refractivity contribution < 1.29 is 4.74 Å². The summed E-state index contributed by atoms with van der Waals surface area (Å²) in [5.74, 6) is 0.0687. The Morgan fingerprint density at radius 3 is 2.89 bits per heavy atom. The average molecular weight is 262 g/mol. The number of rotatable bonds is 4. The standard InChI is InChI=1S/C14H22N4O/c1-9-7-12(13(14(15)16)10(2)17-9)18(3)8-11-5-4-6-19-11/h7,11H,4-6,8H2,1-3H3,(H3,15,16). The summed E-state index contributed by atoms with van der Waals surface area (Å²) >= 11 is 0. The molecular weight excluding hydrogens is 240 g/mol. The van der Waals surface area contributed by atoms with E-state index in [2.05, 4.69) is 9.88 Å². The number of pyridine rings is 1. The number of nitrogen functional groups attached to an aromatic ring is 1. The predicted octanol–water partition coefficient (Wildman–Crippen LogP) is 1.60. The third-order valence-corrected chi connectivity index (χ3v) is 3.49. The van der Waals surface area contributed by atoms with Crippen LogP contribution < -0.4 is 10.6 Å². The molecule has 1 atom stereocenters. The fraction of sp³-hybridized carbons (Fsp3) is 0.571. The summed E-state index contributed by atoms with van der Waals surface area (Å²) in [6.07, 6.45) is 2.51. The molecule has 3 N–H and O–H groups in total. The summed E-state index contributed by atoms with van der Waals surface area (Å²) in [4.78, 5) is 6.51. The van der Waals surface area contributed by atoms with Gasteiger partial charge in [0, 0.05) is 25.9 Å². The number of nitrogens with one attached hydrogen (secondary N) is 1. The normalized spacial score (nSPS) is 18.6. The number of anilines is 1. The molecular formula is C14H22N4O. The Morgan fingerprint density at radius 2 is 2.32 bits per heavy atom. The highest BCUT2D eigenvalue weighted by molar-refractivity contribution is 6.01. The second-order valence-corrected chi connectivity index (χ2v) is 5.17. The Labute approximate surface area is 114 Å². The Bertz CT molecular complexity index is 481. The minimum Gasteiger partial charge on any atom is -0.384 e. The van der Waals surface area contributed by atoms with Gasteiger partial charge in [-0.05, 0) is 32.8 Å². The first-order valence-electron chi connectivity index (χ1n) is 6.64. The van der Waals surface area contributed by atoms with Crippen LogP contribution in [0.3, 0.4) is 0 Å². The molecule has 0 bridgehead atoms. The van der Waals surface area contributed by atoms with E-state index in [1.165, 1.54) is 0 Å². The van der Waals surface area contributed by atoms with Gasteiger partial charge in [-0.2, -0.15) is 0 Å². The molecule has 0 aromatic carbocycles. The SMILES string of the molecule is Cc1cc(N(C)CC2CCCO2)c(C(=N)N)c(C)n1. The van der Waals surface area contributed by atoms with Crippen molar-refractivity contribution in [1.29, 1.82) is 5.41 Å². The number of aryl methyl sites for hydroxylation is 2. The largest absolute Gasteiger partial charge is 0.384 e. The summed E-state index contributed by atoms with van der Waals surface area (Å²) < 4.78 is 5.66. The minimum absolute atomic E-state index is 0.0687. The van der Waals surface area contributed by atoms with E-state index in [4.69, 9.17) is 15.9 Å². The fourth-order valence-corrected chi connectivity index (χ4v) is 2.63. The maximum Gasteiger partial charge on any atom is 0.126 e. The highest BCUT2D eigenvalue weighted by atomic mass is 16.5. The van der Waals surface area contributed by atoms with Crippen molar-refractivity contribution >= 4 is 11.5 Å². The van der Waals surface area contributed by atoms with Crippen LogP contribution in [0.25, 0.3) is 0 Å². The zero-order valence-electron chi connectivity index (χ0n) is 11.9. The van der Waals surface area contributed by atoms with Crippen LogP contribution >= 0.6 is 0 Å². The minimum atomic E-state index is 0.0687. The molecule has 1 unspecified atom stereocenters. The third-order valence-electron chi connectivity index (χ3n) is 3.49. The molecule has 104 valence electrons. The highest BCUT2D eigenvalue weighted by Crippen LogP contribution is 2.24. The molecule has 0 aliphatic carbocycles. The fourth-order valence-electron chi connectivity index (χ4n) is 2.63. The van der Waals surface area contributed by atoms with Crippen molar-refractivity contribution in [2.24, 2.45) is 5.73 Å². The molecule has 0 spiro atoms. The van der Waals surface area contributed by atoms with Gasteiger partial charge in [-0.25, -0.2) is 0 Å². The van der Waals surface area contributed by atoms with Crippen molar-refractivity contribution in [1.82, 2.24) is 4.98 Å². The zero-order chi connectivity index (χ0) is 14.0. The number of hydrogen-bond acceptors (Lipinski definition) is 4.